The molecule has 0 saturated heterocycles. The lowest BCUT2D eigenvalue weighted by molar-refractivity contribution is -0.113. The number of hydrogen-bond acceptors (Lipinski definition) is 6. The minimum absolute atomic E-state index is 0.0750. The second-order valence-corrected chi connectivity index (χ2v) is 7.13. The van der Waals surface area contributed by atoms with Gasteiger partial charge in [0.15, 0.2) is 5.16 Å². The zero-order chi connectivity index (χ0) is 21.3. The summed E-state index contributed by atoms with van der Waals surface area (Å²) in [6, 6.07) is 16.1. The number of nitrogens with zero attached hydrogens (tertiary/aromatic N) is 1. The Bertz CT molecular complexity index is 1050. The number of rotatable bonds is 9. The van der Waals surface area contributed by atoms with E-state index < -0.39 is 0 Å². The van der Waals surface area contributed by atoms with E-state index in [1.807, 2.05) is 44.2 Å². The number of anilines is 1. The van der Waals surface area contributed by atoms with Gasteiger partial charge in [0.1, 0.15) is 11.5 Å². The van der Waals surface area contributed by atoms with E-state index >= 15 is 0 Å². The molecule has 0 saturated carbocycles. The van der Waals surface area contributed by atoms with Crippen LogP contribution < -0.4 is 20.3 Å². The Labute approximate surface area is 178 Å². The molecular weight excluding hydrogens is 402 g/mol. The molecule has 0 radical (unpaired) electrons. The quantitative estimate of drug-likeness (QED) is 0.398. The van der Waals surface area contributed by atoms with Crippen molar-refractivity contribution in [2.24, 2.45) is 0 Å². The van der Waals surface area contributed by atoms with Crippen LogP contribution in [-0.2, 0) is 4.79 Å². The van der Waals surface area contributed by atoms with Crippen molar-refractivity contribution in [2.75, 3.05) is 24.3 Å². The highest BCUT2D eigenvalue weighted by atomic mass is 32.2. The van der Waals surface area contributed by atoms with Gasteiger partial charge in [0, 0.05) is 17.7 Å². The van der Waals surface area contributed by atoms with E-state index in [1.54, 1.807) is 18.2 Å². The summed E-state index contributed by atoms with van der Waals surface area (Å²) in [5.74, 6) is 1.04. The standard InChI is InChI=1S/C22H23N3O4S/c1-3-28-16-10-11-19(29-4-2)18(12-16)23-21(27)14-30-22-24-17(13-20(26)25-22)15-8-6-5-7-9-15/h5-13H,3-4,14H2,1-2H3,(H,23,27)(H,24,25,26). The lowest BCUT2D eigenvalue weighted by atomic mass is 10.1. The number of ether oxygens (including phenoxy) is 2. The summed E-state index contributed by atoms with van der Waals surface area (Å²) >= 11 is 1.15. The van der Waals surface area contributed by atoms with Gasteiger partial charge in [-0.2, -0.15) is 0 Å². The molecule has 0 aliphatic heterocycles. The second-order valence-electron chi connectivity index (χ2n) is 6.16. The molecule has 156 valence electrons. The van der Waals surface area contributed by atoms with Crippen molar-refractivity contribution in [2.45, 2.75) is 19.0 Å². The van der Waals surface area contributed by atoms with E-state index in [4.69, 9.17) is 9.47 Å². The average molecular weight is 426 g/mol. The molecule has 30 heavy (non-hydrogen) atoms. The fourth-order valence-electron chi connectivity index (χ4n) is 2.73. The van der Waals surface area contributed by atoms with Gasteiger partial charge < -0.3 is 19.8 Å². The number of hydrogen-bond donors (Lipinski definition) is 2. The van der Waals surface area contributed by atoms with Gasteiger partial charge in [-0.1, -0.05) is 42.1 Å². The van der Waals surface area contributed by atoms with Crippen LogP contribution in [0.3, 0.4) is 0 Å². The average Bonchev–Trinajstić information content (AvgIpc) is 2.75. The van der Waals surface area contributed by atoms with Crippen LogP contribution in [-0.4, -0.2) is 34.8 Å². The van der Waals surface area contributed by atoms with E-state index in [-0.39, 0.29) is 17.2 Å². The molecule has 2 N–H and O–H groups in total. The zero-order valence-electron chi connectivity index (χ0n) is 16.8. The number of H-pyrrole nitrogens is 1. The van der Waals surface area contributed by atoms with Gasteiger partial charge in [-0.05, 0) is 26.0 Å². The Morgan fingerprint density at radius 3 is 2.57 bits per heavy atom. The van der Waals surface area contributed by atoms with Crippen molar-refractivity contribution >= 4 is 23.4 Å². The Morgan fingerprint density at radius 2 is 1.83 bits per heavy atom. The largest absolute Gasteiger partial charge is 0.494 e. The van der Waals surface area contributed by atoms with E-state index in [2.05, 4.69) is 15.3 Å². The summed E-state index contributed by atoms with van der Waals surface area (Å²) in [5, 5.41) is 3.22. The van der Waals surface area contributed by atoms with Gasteiger partial charge >= 0.3 is 0 Å². The normalized spacial score (nSPS) is 10.5. The van der Waals surface area contributed by atoms with Crippen molar-refractivity contribution in [3.05, 3.63) is 65.0 Å². The van der Waals surface area contributed by atoms with E-state index in [0.717, 1.165) is 17.3 Å². The van der Waals surface area contributed by atoms with Gasteiger partial charge in [-0.25, -0.2) is 4.98 Å². The van der Waals surface area contributed by atoms with Crippen molar-refractivity contribution < 1.29 is 14.3 Å². The number of aromatic amines is 1. The molecule has 0 aliphatic rings. The van der Waals surface area contributed by atoms with Crippen LogP contribution in [0.2, 0.25) is 0 Å². The number of carbonyl (C=O) groups excluding carboxylic acids is 1. The molecule has 7 nitrogen and oxygen atoms in total. The number of thioether (sulfide) groups is 1. The van der Waals surface area contributed by atoms with Crippen molar-refractivity contribution in [3.8, 4) is 22.8 Å². The van der Waals surface area contributed by atoms with Crippen molar-refractivity contribution in [1.29, 1.82) is 0 Å². The van der Waals surface area contributed by atoms with Gasteiger partial charge in [-0.15, -0.1) is 0 Å². The predicted octanol–water partition coefficient (Wildman–Crippen LogP) is 3.97. The highest BCUT2D eigenvalue weighted by molar-refractivity contribution is 7.99. The molecule has 1 aromatic heterocycles. The molecule has 0 unspecified atom stereocenters. The van der Waals surface area contributed by atoms with Crippen LogP contribution in [0.15, 0.2) is 64.5 Å². The van der Waals surface area contributed by atoms with E-state index in [1.165, 1.54) is 6.07 Å². The summed E-state index contributed by atoms with van der Waals surface area (Å²) in [5.41, 5.74) is 1.66. The minimum atomic E-state index is -0.269. The second kappa shape index (κ2) is 10.5. The van der Waals surface area contributed by atoms with Crippen LogP contribution in [0.25, 0.3) is 11.3 Å². The molecule has 3 rings (SSSR count). The van der Waals surface area contributed by atoms with Gasteiger partial charge in [0.05, 0.1) is 30.3 Å². The molecular formula is C22H23N3O4S. The molecule has 0 aliphatic carbocycles. The van der Waals surface area contributed by atoms with E-state index in [0.29, 0.717) is 41.3 Å². The summed E-state index contributed by atoms with van der Waals surface area (Å²) in [6.45, 7) is 4.76. The third-order valence-electron chi connectivity index (χ3n) is 3.97. The lowest BCUT2D eigenvalue weighted by Gasteiger charge is -2.13. The number of benzene rings is 2. The Balaban J connectivity index is 1.70. The van der Waals surface area contributed by atoms with Gasteiger partial charge in [0.25, 0.3) is 5.56 Å². The van der Waals surface area contributed by atoms with Crippen LogP contribution in [0.5, 0.6) is 11.5 Å². The summed E-state index contributed by atoms with van der Waals surface area (Å²) < 4.78 is 11.1. The van der Waals surface area contributed by atoms with Gasteiger partial charge in [0.2, 0.25) is 5.91 Å². The first kappa shape index (κ1) is 21.4. The summed E-state index contributed by atoms with van der Waals surface area (Å²) in [7, 11) is 0. The Morgan fingerprint density at radius 1 is 1.07 bits per heavy atom. The predicted molar refractivity (Wildman–Crippen MR) is 118 cm³/mol. The highest BCUT2D eigenvalue weighted by Gasteiger charge is 2.12. The van der Waals surface area contributed by atoms with Crippen LogP contribution in [0.4, 0.5) is 5.69 Å². The van der Waals surface area contributed by atoms with Crippen molar-refractivity contribution in [1.82, 2.24) is 9.97 Å². The van der Waals surface area contributed by atoms with Crippen LogP contribution in [0.1, 0.15) is 13.8 Å². The maximum Gasteiger partial charge on any atom is 0.252 e. The monoisotopic (exact) mass is 425 g/mol. The Hall–Kier alpha value is -3.26. The third kappa shape index (κ3) is 5.87. The van der Waals surface area contributed by atoms with Crippen LogP contribution in [0, 0.1) is 0 Å². The fourth-order valence-corrected chi connectivity index (χ4v) is 3.40. The number of nitrogens with one attached hydrogen (secondary N) is 2. The number of carbonyl (C=O) groups is 1. The molecule has 0 fully saturated rings. The van der Waals surface area contributed by atoms with E-state index in [9.17, 15) is 9.59 Å². The first-order chi connectivity index (χ1) is 14.6. The number of aromatic nitrogens is 2. The summed E-state index contributed by atoms with van der Waals surface area (Å²) in [6.07, 6.45) is 0. The minimum Gasteiger partial charge on any atom is -0.494 e. The molecule has 1 heterocycles. The molecule has 8 heteroatoms. The van der Waals surface area contributed by atoms with Gasteiger partial charge in [-0.3, -0.25) is 9.59 Å². The molecule has 0 bridgehead atoms. The molecule has 0 atom stereocenters. The smallest absolute Gasteiger partial charge is 0.252 e. The zero-order valence-corrected chi connectivity index (χ0v) is 17.6. The SMILES string of the molecule is CCOc1ccc(OCC)c(NC(=O)CSc2nc(-c3ccccc3)cc(=O)[nH]2)c1. The third-order valence-corrected chi connectivity index (χ3v) is 4.84. The summed E-state index contributed by atoms with van der Waals surface area (Å²) in [4.78, 5) is 31.6. The maximum atomic E-state index is 12.5. The first-order valence-electron chi connectivity index (χ1n) is 9.58. The maximum absolute atomic E-state index is 12.5. The Kier molecular flexibility index (Phi) is 7.51. The lowest BCUT2D eigenvalue weighted by Crippen LogP contribution is -2.16. The molecule has 1 amide bonds. The van der Waals surface area contributed by atoms with Crippen LogP contribution >= 0.6 is 11.8 Å². The van der Waals surface area contributed by atoms with Crippen molar-refractivity contribution in [3.63, 3.8) is 0 Å². The highest BCUT2D eigenvalue weighted by Crippen LogP contribution is 2.30. The fraction of sp³-hybridized carbons (Fsp3) is 0.227. The first-order valence-corrected chi connectivity index (χ1v) is 10.6. The molecule has 3 aromatic rings. The molecule has 2 aromatic carbocycles. The molecule has 0 spiro atoms. The topological polar surface area (TPSA) is 93.3 Å². The number of amides is 1.